The number of aryl methyl sites for hydroxylation is 1. The molecule has 0 spiro atoms. The predicted molar refractivity (Wildman–Crippen MR) is 100 cm³/mol. The summed E-state index contributed by atoms with van der Waals surface area (Å²) in [4.78, 5) is 18.8. The molecule has 1 aromatic heterocycles. The molecule has 24 heavy (non-hydrogen) atoms. The third kappa shape index (κ3) is 4.26. The first-order valence-corrected chi connectivity index (χ1v) is 8.92. The van der Waals surface area contributed by atoms with E-state index in [1.807, 2.05) is 43.5 Å². The Balaban J connectivity index is 1.51. The number of benzene rings is 1. The molecule has 2 aromatic rings. The molecule has 0 aliphatic carbocycles. The van der Waals surface area contributed by atoms with Gasteiger partial charge in [0.2, 0.25) is 0 Å². The van der Waals surface area contributed by atoms with E-state index >= 15 is 0 Å². The molecule has 1 saturated heterocycles. The molecule has 1 aromatic carbocycles. The van der Waals surface area contributed by atoms with Gasteiger partial charge in [0.05, 0.1) is 0 Å². The second-order valence-corrected chi connectivity index (χ2v) is 6.84. The molecule has 0 unspecified atom stereocenters. The summed E-state index contributed by atoms with van der Waals surface area (Å²) in [6, 6.07) is 9.55. The van der Waals surface area contributed by atoms with E-state index in [1.54, 1.807) is 0 Å². The van der Waals surface area contributed by atoms with Crippen molar-refractivity contribution in [2.24, 2.45) is 0 Å². The number of carbonyl (C=O) groups is 1. The minimum absolute atomic E-state index is 0.227. The van der Waals surface area contributed by atoms with Crippen LogP contribution in [0, 0.1) is 6.92 Å². The lowest BCUT2D eigenvalue weighted by Crippen LogP contribution is -2.28. The van der Waals surface area contributed by atoms with Crippen LogP contribution in [0.5, 0.6) is 0 Å². The summed E-state index contributed by atoms with van der Waals surface area (Å²) >= 11 is 3.46. The average Bonchev–Trinajstić information content (AvgIpc) is 3.11. The number of halogens is 1. The van der Waals surface area contributed by atoms with Gasteiger partial charge in [0.25, 0.3) is 0 Å². The van der Waals surface area contributed by atoms with Crippen LogP contribution in [0.4, 0.5) is 16.3 Å². The SMILES string of the molecule is Cc1ccc(NC(=O)NCc2ccc(N3CCCC3)nc2)cc1Br. The van der Waals surface area contributed by atoms with Gasteiger partial charge in [-0.3, -0.25) is 0 Å². The second kappa shape index (κ2) is 7.66. The van der Waals surface area contributed by atoms with Crippen molar-refractivity contribution >= 4 is 33.5 Å². The molecular formula is C18H21BrN4O. The fraction of sp³-hybridized carbons (Fsp3) is 0.333. The van der Waals surface area contributed by atoms with E-state index < -0.39 is 0 Å². The maximum atomic E-state index is 12.0. The number of hydrogen-bond donors (Lipinski definition) is 2. The van der Waals surface area contributed by atoms with Gasteiger partial charge in [-0.05, 0) is 49.1 Å². The van der Waals surface area contributed by atoms with Crippen LogP contribution in [0.1, 0.15) is 24.0 Å². The minimum Gasteiger partial charge on any atom is -0.357 e. The van der Waals surface area contributed by atoms with Crippen molar-refractivity contribution in [3.63, 3.8) is 0 Å². The summed E-state index contributed by atoms with van der Waals surface area (Å²) in [5.41, 5.74) is 2.87. The van der Waals surface area contributed by atoms with Crippen LogP contribution in [-0.4, -0.2) is 24.1 Å². The maximum Gasteiger partial charge on any atom is 0.319 e. The molecule has 1 fully saturated rings. The number of nitrogens with zero attached hydrogens (tertiary/aromatic N) is 2. The smallest absolute Gasteiger partial charge is 0.319 e. The number of anilines is 2. The van der Waals surface area contributed by atoms with Gasteiger partial charge in [0, 0.05) is 36.0 Å². The molecular weight excluding hydrogens is 368 g/mol. The van der Waals surface area contributed by atoms with Gasteiger partial charge in [-0.15, -0.1) is 0 Å². The Morgan fingerprint density at radius 2 is 2.04 bits per heavy atom. The Morgan fingerprint density at radius 3 is 2.71 bits per heavy atom. The molecule has 0 atom stereocenters. The van der Waals surface area contributed by atoms with Crippen molar-refractivity contribution in [2.75, 3.05) is 23.3 Å². The third-order valence-electron chi connectivity index (χ3n) is 4.12. The number of aromatic nitrogens is 1. The maximum absolute atomic E-state index is 12.0. The lowest BCUT2D eigenvalue weighted by Gasteiger charge is -2.16. The van der Waals surface area contributed by atoms with Crippen molar-refractivity contribution in [3.05, 3.63) is 52.1 Å². The molecule has 0 saturated carbocycles. The second-order valence-electron chi connectivity index (χ2n) is 5.99. The Morgan fingerprint density at radius 1 is 1.25 bits per heavy atom. The Kier molecular flexibility index (Phi) is 5.35. The van der Waals surface area contributed by atoms with E-state index in [2.05, 4.69) is 36.4 Å². The van der Waals surface area contributed by atoms with Crippen LogP contribution in [0.2, 0.25) is 0 Å². The van der Waals surface area contributed by atoms with Crippen molar-refractivity contribution in [3.8, 4) is 0 Å². The summed E-state index contributed by atoms with van der Waals surface area (Å²) in [7, 11) is 0. The van der Waals surface area contributed by atoms with Crippen LogP contribution in [0.25, 0.3) is 0 Å². The number of urea groups is 1. The highest BCUT2D eigenvalue weighted by molar-refractivity contribution is 9.10. The molecule has 2 N–H and O–H groups in total. The van der Waals surface area contributed by atoms with Crippen LogP contribution in [0.15, 0.2) is 41.0 Å². The van der Waals surface area contributed by atoms with Gasteiger partial charge in [0.1, 0.15) is 5.82 Å². The van der Waals surface area contributed by atoms with Crippen molar-refractivity contribution in [1.29, 1.82) is 0 Å². The first-order chi connectivity index (χ1) is 11.6. The first-order valence-electron chi connectivity index (χ1n) is 8.13. The standard InChI is InChI=1S/C18H21BrN4O/c1-13-4-6-15(10-16(13)19)22-18(24)21-12-14-5-7-17(20-11-14)23-8-2-3-9-23/h4-7,10-11H,2-3,8-9,12H2,1H3,(H2,21,22,24). The minimum atomic E-state index is -0.227. The average molecular weight is 389 g/mol. The zero-order chi connectivity index (χ0) is 16.9. The quantitative estimate of drug-likeness (QED) is 0.829. The number of rotatable bonds is 4. The zero-order valence-corrected chi connectivity index (χ0v) is 15.3. The van der Waals surface area contributed by atoms with Crippen LogP contribution in [0.3, 0.4) is 0 Å². The molecule has 3 rings (SSSR count). The number of pyridine rings is 1. The summed E-state index contributed by atoms with van der Waals surface area (Å²) in [5, 5.41) is 5.68. The summed E-state index contributed by atoms with van der Waals surface area (Å²) < 4.78 is 0.974. The Labute approximate surface area is 150 Å². The fourth-order valence-corrected chi connectivity index (χ4v) is 3.06. The van der Waals surface area contributed by atoms with Crippen molar-refractivity contribution < 1.29 is 4.79 Å². The van der Waals surface area contributed by atoms with Gasteiger partial charge in [-0.25, -0.2) is 9.78 Å². The lowest BCUT2D eigenvalue weighted by atomic mass is 10.2. The number of amides is 2. The highest BCUT2D eigenvalue weighted by Crippen LogP contribution is 2.20. The van der Waals surface area contributed by atoms with Crippen LogP contribution >= 0.6 is 15.9 Å². The van der Waals surface area contributed by atoms with E-state index in [-0.39, 0.29) is 6.03 Å². The van der Waals surface area contributed by atoms with E-state index in [4.69, 9.17) is 0 Å². The highest BCUT2D eigenvalue weighted by Gasteiger charge is 2.13. The summed E-state index contributed by atoms with van der Waals surface area (Å²) in [6.07, 6.45) is 4.30. The Hall–Kier alpha value is -2.08. The zero-order valence-electron chi connectivity index (χ0n) is 13.7. The first kappa shape index (κ1) is 16.8. The highest BCUT2D eigenvalue weighted by atomic mass is 79.9. The van der Waals surface area contributed by atoms with Crippen LogP contribution < -0.4 is 15.5 Å². The normalized spacial score (nSPS) is 13.8. The van der Waals surface area contributed by atoms with Crippen LogP contribution in [-0.2, 0) is 6.54 Å². The lowest BCUT2D eigenvalue weighted by molar-refractivity contribution is 0.251. The van der Waals surface area contributed by atoms with Gasteiger partial charge in [0.15, 0.2) is 0 Å². The Bertz CT molecular complexity index is 711. The van der Waals surface area contributed by atoms with E-state index in [0.29, 0.717) is 6.54 Å². The van der Waals surface area contributed by atoms with E-state index in [0.717, 1.165) is 40.2 Å². The molecule has 5 nitrogen and oxygen atoms in total. The monoisotopic (exact) mass is 388 g/mol. The molecule has 1 aliphatic heterocycles. The molecule has 0 radical (unpaired) electrons. The molecule has 126 valence electrons. The topological polar surface area (TPSA) is 57.3 Å². The van der Waals surface area contributed by atoms with Gasteiger partial charge in [-0.1, -0.05) is 28.1 Å². The molecule has 0 bridgehead atoms. The summed E-state index contributed by atoms with van der Waals surface area (Å²) in [5.74, 6) is 1.02. The molecule has 2 heterocycles. The fourth-order valence-electron chi connectivity index (χ4n) is 2.68. The molecule has 6 heteroatoms. The van der Waals surface area contributed by atoms with Gasteiger partial charge in [-0.2, -0.15) is 0 Å². The number of nitrogens with one attached hydrogen (secondary N) is 2. The number of hydrogen-bond acceptors (Lipinski definition) is 3. The largest absolute Gasteiger partial charge is 0.357 e. The third-order valence-corrected chi connectivity index (χ3v) is 4.98. The van der Waals surface area contributed by atoms with Crippen molar-refractivity contribution in [2.45, 2.75) is 26.3 Å². The number of carbonyl (C=O) groups excluding carboxylic acids is 1. The van der Waals surface area contributed by atoms with E-state index in [1.165, 1.54) is 12.8 Å². The van der Waals surface area contributed by atoms with Gasteiger partial charge >= 0.3 is 6.03 Å². The van der Waals surface area contributed by atoms with Crippen molar-refractivity contribution in [1.82, 2.24) is 10.3 Å². The predicted octanol–water partition coefficient (Wildman–Crippen LogP) is 4.07. The van der Waals surface area contributed by atoms with Gasteiger partial charge < -0.3 is 15.5 Å². The molecule has 1 aliphatic rings. The molecule has 2 amide bonds. The van der Waals surface area contributed by atoms with E-state index in [9.17, 15) is 4.79 Å². The summed E-state index contributed by atoms with van der Waals surface area (Å²) in [6.45, 7) is 4.62.